The molecule has 0 aliphatic rings. The van der Waals surface area contributed by atoms with Crippen LogP contribution in [0.15, 0.2) is 12.1 Å². The SMILES string of the molecule is COC(=O)C(C)(C)c1nnc(-c2nn(COCC[Si](C)(C)C)c3nc(C)ccc23)nc1O. The molecule has 3 heterocycles. The zero-order chi connectivity index (χ0) is 23.7. The van der Waals surface area contributed by atoms with Crippen LogP contribution < -0.4 is 0 Å². The maximum Gasteiger partial charge on any atom is 0.317 e. The van der Waals surface area contributed by atoms with Crippen molar-refractivity contribution >= 4 is 25.1 Å². The first-order valence-electron chi connectivity index (χ1n) is 10.4. The highest BCUT2D eigenvalue weighted by molar-refractivity contribution is 6.76. The van der Waals surface area contributed by atoms with E-state index >= 15 is 0 Å². The number of hydrogen-bond acceptors (Lipinski definition) is 9. The molecule has 0 amide bonds. The number of aromatic hydroxyl groups is 1. The fraction of sp³-hybridized carbons (Fsp3) is 0.524. The Balaban J connectivity index is 1.97. The average molecular weight is 459 g/mol. The summed E-state index contributed by atoms with van der Waals surface area (Å²) in [6.45, 7) is 12.8. The molecule has 0 aliphatic heterocycles. The molecule has 3 rings (SSSR count). The Morgan fingerprint density at radius 1 is 1.19 bits per heavy atom. The van der Waals surface area contributed by atoms with E-state index in [1.54, 1.807) is 18.5 Å². The highest BCUT2D eigenvalue weighted by Gasteiger charge is 2.37. The van der Waals surface area contributed by atoms with Gasteiger partial charge in [-0.05, 0) is 38.9 Å². The van der Waals surface area contributed by atoms with E-state index in [4.69, 9.17) is 9.47 Å². The molecule has 0 saturated carbocycles. The third-order valence-electron chi connectivity index (χ3n) is 5.11. The van der Waals surface area contributed by atoms with Crippen molar-refractivity contribution in [2.75, 3.05) is 13.7 Å². The number of ether oxygens (including phenoxy) is 2. The Labute approximate surface area is 188 Å². The van der Waals surface area contributed by atoms with E-state index < -0.39 is 25.3 Å². The van der Waals surface area contributed by atoms with Crippen molar-refractivity contribution in [1.82, 2.24) is 29.9 Å². The molecule has 0 bridgehead atoms. The normalized spacial score (nSPS) is 12.3. The molecule has 32 heavy (non-hydrogen) atoms. The van der Waals surface area contributed by atoms with Crippen molar-refractivity contribution in [3.63, 3.8) is 0 Å². The van der Waals surface area contributed by atoms with Crippen LogP contribution in [0.25, 0.3) is 22.6 Å². The van der Waals surface area contributed by atoms with E-state index in [-0.39, 0.29) is 18.2 Å². The molecule has 10 nitrogen and oxygen atoms in total. The van der Waals surface area contributed by atoms with Gasteiger partial charge in [-0.25, -0.2) is 9.67 Å². The van der Waals surface area contributed by atoms with Gasteiger partial charge >= 0.3 is 5.97 Å². The Morgan fingerprint density at radius 2 is 1.91 bits per heavy atom. The van der Waals surface area contributed by atoms with Crippen LogP contribution in [0.4, 0.5) is 0 Å². The lowest BCUT2D eigenvalue weighted by molar-refractivity contribution is -0.146. The summed E-state index contributed by atoms with van der Waals surface area (Å²) in [4.78, 5) is 20.8. The molecule has 0 saturated heterocycles. The number of carbonyl (C=O) groups is 1. The van der Waals surface area contributed by atoms with Crippen LogP contribution in [0.3, 0.4) is 0 Å². The Kier molecular flexibility index (Phi) is 6.61. The first kappa shape index (κ1) is 23.7. The molecule has 0 spiro atoms. The van der Waals surface area contributed by atoms with Crippen LogP contribution in [0.1, 0.15) is 25.2 Å². The third kappa shape index (κ3) is 4.94. The van der Waals surface area contributed by atoms with Crippen LogP contribution in [0.2, 0.25) is 25.7 Å². The van der Waals surface area contributed by atoms with Crippen LogP contribution in [-0.2, 0) is 26.4 Å². The van der Waals surface area contributed by atoms with Crippen LogP contribution >= 0.6 is 0 Å². The minimum Gasteiger partial charge on any atom is -0.492 e. The number of nitrogens with zero attached hydrogens (tertiary/aromatic N) is 6. The fourth-order valence-electron chi connectivity index (χ4n) is 3.11. The van der Waals surface area contributed by atoms with Crippen molar-refractivity contribution < 1.29 is 19.4 Å². The van der Waals surface area contributed by atoms with Crippen LogP contribution in [0, 0.1) is 6.92 Å². The fourth-order valence-corrected chi connectivity index (χ4v) is 3.86. The number of fused-ring (bicyclic) bond motifs is 1. The molecule has 0 fully saturated rings. The quantitative estimate of drug-likeness (QED) is 0.308. The van der Waals surface area contributed by atoms with E-state index in [9.17, 15) is 9.90 Å². The van der Waals surface area contributed by atoms with Gasteiger partial charge in [0.1, 0.15) is 23.5 Å². The number of aromatic nitrogens is 6. The topological polar surface area (TPSA) is 125 Å². The molecule has 3 aromatic heterocycles. The van der Waals surface area contributed by atoms with E-state index in [0.29, 0.717) is 23.3 Å². The monoisotopic (exact) mass is 458 g/mol. The summed E-state index contributed by atoms with van der Waals surface area (Å²) in [5.74, 6) is -0.829. The Morgan fingerprint density at radius 3 is 2.53 bits per heavy atom. The highest BCUT2D eigenvalue weighted by atomic mass is 28.3. The molecule has 3 aromatic rings. The second-order valence-corrected chi connectivity index (χ2v) is 15.1. The lowest BCUT2D eigenvalue weighted by Crippen LogP contribution is -2.32. The van der Waals surface area contributed by atoms with Gasteiger partial charge in [-0.1, -0.05) is 19.6 Å². The summed E-state index contributed by atoms with van der Waals surface area (Å²) in [6, 6.07) is 4.79. The number of rotatable bonds is 8. The number of carbonyl (C=O) groups excluding carboxylic acids is 1. The largest absolute Gasteiger partial charge is 0.492 e. The summed E-state index contributed by atoms with van der Waals surface area (Å²) in [5, 5.41) is 24.0. The van der Waals surface area contributed by atoms with E-state index in [1.807, 2.05) is 19.1 Å². The predicted molar refractivity (Wildman–Crippen MR) is 122 cm³/mol. The van der Waals surface area contributed by atoms with Gasteiger partial charge in [-0.15, -0.1) is 10.2 Å². The van der Waals surface area contributed by atoms with Gasteiger partial charge < -0.3 is 14.6 Å². The first-order chi connectivity index (χ1) is 14.9. The van der Waals surface area contributed by atoms with E-state index in [2.05, 4.69) is 44.9 Å². The summed E-state index contributed by atoms with van der Waals surface area (Å²) in [6.07, 6.45) is 0. The molecule has 11 heteroatoms. The number of methoxy groups -OCH3 is 1. The van der Waals surface area contributed by atoms with Gasteiger partial charge in [0.15, 0.2) is 5.65 Å². The number of esters is 1. The van der Waals surface area contributed by atoms with Gasteiger partial charge in [-0.3, -0.25) is 4.79 Å². The summed E-state index contributed by atoms with van der Waals surface area (Å²) in [7, 11) is 0.0707. The third-order valence-corrected chi connectivity index (χ3v) is 6.82. The molecular formula is C21H30N6O4Si. The van der Waals surface area contributed by atoms with E-state index in [1.165, 1.54) is 7.11 Å². The molecule has 0 atom stereocenters. The molecule has 0 unspecified atom stereocenters. The van der Waals surface area contributed by atoms with Gasteiger partial charge in [0.05, 0.1) is 12.5 Å². The molecule has 0 aromatic carbocycles. The highest BCUT2D eigenvalue weighted by Crippen LogP contribution is 2.31. The molecular weight excluding hydrogens is 428 g/mol. The number of hydrogen-bond donors (Lipinski definition) is 1. The number of pyridine rings is 1. The van der Waals surface area contributed by atoms with Crippen molar-refractivity contribution in [2.45, 2.75) is 58.6 Å². The van der Waals surface area contributed by atoms with E-state index in [0.717, 1.165) is 11.7 Å². The Hall–Kier alpha value is -2.92. The lowest BCUT2D eigenvalue weighted by Gasteiger charge is -2.20. The lowest BCUT2D eigenvalue weighted by atomic mass is 9.89. The van der Waals surface area contributed by atoms with Crippen LogP contribution in [0.5, 0.6) is 5.88 Å². The smallest absolute Gasteiger partial charge is 0.317 e. The second kappa shape index (κ2) is 8.91. The first-order valence-corrected chi connectivity index (χ1v) is 14.1. The van der Waals surface area contributed by atoms with Crippen molar-refractivity contribution in [2.24, 2.45) is 0 Å². The predicted octanol–water partition coefficient (Wildman–Crippen LogP) is 3.06. The molecule has 172 valence electrons. The second-order valence-electron chi connectivity index (χ2n) is 9.44. The standard InChI is InChI=1S/C21H30N6O4Si/c1-13-8-9-14-15(26-27(18(14)22-13)12-31-10-11-32(5,6)7)17-23-19(28)16(24-25-17)21(2,3)20(29)30-4/h8-9H,10-12H2,1-7H3,(H,23,25,28). The molecule has 1 N–H and O–H groups in total. The van der Waals surface area contributed by atoms with Crippen molar-refractivity contribution in [3.8, 4) is 17.4 Å². The van der Waals surface area contributed by atoms with Crippen molar-refractivity contribution in [3.05, 3.63) is 23.5 Å². The average Bonchev–Trinajstić information content (AvgIpc) is 3.07. The van der Waals surface area contributed by atoms with Gasteiger partial charge in [0, 0.05) is 20.4 Å². The molecule has 0 radical (unpaired) electrons. The summed E-state index contributed by atoms with van der Waals surface area (Å²) in [5.41, 5.74) is 0.716. The van der Waals surface area contributed by atoms with Gasteiger partial charge in [0.25, 0.3) is 0 Å². The van der Waals surface area contributed by atoms with Crippen molar-refractivity contribution in [1.29, 1.82) is 0 Å². The minimum absolute atomic E-state index is 0.0282. The minimum atomic E-state index is -1.21. The number of aryl methyl sites for hydroxylation is 1. The maximum absolute atomic E-state index is 12.1. The Bertz CT molecular complexity index is 1140. The van der Waals surface area contributed by atoms with Gasteiger partial charge in [-0.2, -0.15) is 10.1 Å². The maximum atomic E-state index is 12.1. The zero-order valence-electron chi connectivity index (χ0n) is 19.6. The summed E-state index contributed by atoms with van der Waals surface area (Å²) >= 11 is 0. The van der Waals surface area contributed by atoms with Crippen LogP contribution in [-0.4, -0.2) is 62.8 Å². The van der Waals surface area contributed by atoms with Gasteiger partial charge in [0.2, 0.25) is 11.7 Å². The zero-order valence-corrected chi connectivity index (χ0v) is 20.6. The summed E-state index contributed by atoms with van der Waals surface area (Å²) < 4.78 is 12.3. The molecule has 0 aliphatic carbocycles.